The van der Waals surface area contributed by atoms with Crippen molar-refractivity contribution in [3.63, 3.8) is 0 Å². The maximum atomic E-state index is 16.4. The summed E-state index contributed by atoms with van der Waals surface area (Å²) in [5, 5.41) is 159. The number of nitrogens with one attached hydrogen (secondary N) is 11. The smallest absolute Gasteiger partial charge is 0.352 e. The Hall–Kier alpha value is -13.5. The Labute approximate surface area is 864 Å². The largest absolute Gasteiger partial charge is 0.507 e. The Morgan fingerprint density at radius 2 is 1.40 bits per heavy atom. The minimum absolute atomic E-state index is 0.00616. The van der Waals surface area contributed by atoms with Gasteiger partial charge in [-0.15, -0.1) is 11.8 Å². The number of aliphatic carboxylic acids is 2. The van der Waals surface area contributed by atoms with E-state index in [1.807, 2.05) is 0 Å². The fourth-order valence-electron chi connectivity index (χ4n) is 17.8. The summed E-state index contributed by atoms with van der Waals surface area (Å²) < 4.78 is 40.3. The quantitative estimate of drug-likeness (QED) is 0.00862. The van der Waals surface area contributed by atoms with Crippen molar-refractivity contribution in [2.75, 3.05) is 45.3 Å². The van der Waals surface area contributed by atoms with Crippen molar-refractivity contribution in [2.45, 2.75) is 207 Å². The maximum Gasteiger partial charge on any atom is 0.352 e. The molecular formula is C94H108Cl3N18O31S2+. The second-order valence-electron chi connectivity index (χ2n) is 36.4. The van der Waals surface area contributed by atoms with Crippen LogP contribution in [0.3, 0.4) is 0 Å². The van der Waals surface area contributed by atoms with E-state index in [9.17, 15) is 94.5 Å². The van der Waals surface area contributed by atoms with Crippen molar-refractivity contribution in [1.29, 1.82) is 0 Å². The van der Waals surface area contributed by atoms with Crippen LogP contribution in [-0.2, 0) is 101 Å². The van der Waals surface area contributed by atoms with Crippen LogP contribution in [0.5, 0.6) is 46.0 Å². The molecule has 0 spiro atoms. The van der Waals surface area contributed by atoms with Crippen LogP contribution < -0.4 is 94.5 Å². The van der Waals surface area contributed by atoms with E-state index in [0.717, 1.165) is 83.0 Å². The zero-order valence-electron chi connectivity index (χ0n) is 79.5. The molecule has 3 saturated heterocycles. The predicted molar refractivity (Wildman–Crippen MR) is 521 cm³/mol. The number of primary amides is 1. The van der Waals surface area contributed by atoms with E-state index >= 15 is 24.0 Å². The zero-order valence-corrected chi connectivity index (χ0v) is 83.4. The molecule has 0 radical (unpaired) electrons. The number of benzene rings is 5. The molecule has 9 aliphatic rings. The van der Waals surface area contributed by atoms with E-state index in [1.54, 1.807) is 42.9 Å². The first-order valence-corrected chi connectivity index (χ1v) is 49.2. The number of halogens is 3. The third-order valence-corrected chi connectivity index (χ3v) is 28.3. The number of phenolic OH excluding ortho intramolecular Hbond substituents is 3. The van der Waals surface area contributed by atoms with Crippen molar-refractivity contribution in [2.24, 2.45) is 22.5 Å². The number of fused-ring (bicyclic) bond motifs is 16. The number of β-lactam (4-membered cyclic amide) rings is 1. The van der Waals surface area contributed by atoms with Gasteiger partial charge in [-0.3, -0.25) is 57.6 Å². The van der Waals surface area contributed by atoms with Gasteiger partial charge in [0.05, 0.1) is 46.9 Å². The summed E-state index contributed by atoms with van der Waals surface area (Å²) in [5.41, 5.74) is 13.1. The number of anilines is 1. The monoisotopic (exact) mass is 2150 g/mol. The number of aliphatic hydroxyl groups is 6. The molecular weight excluding hydrogens is 2050 g/mol. The lowest BCUT2D eigenvalue weighted by Crippen LogP contribution is -2.71. The first kappa shape index (κ1) is 110. The number of phenols is 3. The number of nitrogens with zero attached hydrogens (tertiary/aromatic N) is 4. The molecule has 20 atom stereocenters. The Morgan fingerprint density at radius 3 is 2.02 bits per heavy atom. The highest BCUT2D eigenvalue weighted by atomic mass is 35.5. The summed E-state index contributed by atoms with van der Waals surface area (Å²) in [6.07, 6.45) is -16.1. The van der Waals surface area contributed by atoms with Crippen molar-refractivity contribution >= 4 is 146 Å². The predicted octanol–water partition coefficient (Wildman–Crippen LogP) is -0.432. The van der Waals surface area contributed by atoms with Gasteiger partial charge < -0.3 is 165 Å². The van der Waals surface area contributed by atoms with Crippen LogP contribution in [-0.4, -0.2) is 279 Å². The van der Waals surface area contributed by atoms with Gasteiger partial charge in [0, 0.05) is 90.6 Å². The zero-order chi connectivity index (χ0) is 107. The van der Waals surface area contributed by atoms with Crippen molar-refractivity contribution in [1.82, 2.24) is 68.4 Å². The third kappa shape index (κ3) is 24.6. The summed E-state index contributed by atoms with van der Waals surface area (Å²) in [4.78, 5) is 196. The number of rotatable bonds is 31. The van der Waals surface area contributed by atoms with Gasteiger partial charge in [-0.2, -0.15) is 0 Å². The molecule has 2 unspecified atom stereocenters. The number of oxime groups is 1. The molecule has 148 heavy (non-hydrogen) atoms. The lowest BCUT2D eigenvalue weighted by molar-refractivity contribution is -0.689. The number of nitrogens with two attached hydrogens (primary N) is 3. The molecule has 54 heteroatoms. The highest BCUT2D eigenvalue weighted by Gasteiger charge is 2.57. The van der Waals surface area contributed by atoms with Gasteiger partial charge in [0.15, 0.2) is 59.7 Å². The number of carbonyl (C=O) groups excluding carboxylic acids is 11. The molecule has 7 aromatic rings. The number of aromatic nitrogens is 2. The number of thiazole rings is 1. The molecule has 9 aliphatic heterocycles. The molecule has 16 rings (SSSR count). The number of carbonyl (C=O) groups is 13. The van der Waals surface area contributed by atoms with Gasteiger partial charge in [-0.1, -0.05) is 83.3 Å². The number of thioether (sulfide) groups is 1. The SMILES string of the molecule is CN[C@H](CC(C)C)C(=O)N[C@H]1C(=O)N[C@@H](CC(N)=O)C(=O)N[C@H]2C(=O)NC3C(=O)NC(C(=O)N[C@H](C(=O)O)c4cc(O)c(CNCCNC(=O)CCCC(=O)NCc5ccc[n+](CC6=C(C(=O)O)N7C(=O)[C@@H](NC(=O)/C(=N\OC)c8nc(N)sc8Cl)[C@H]7SC6)c5)c(O)c4-c4cc3ccc4O)[C@H](O)c3ccc(c(Cl)c3)Oc3cc2cc(c3O[C@@H]2O[C@H](CO)[C@@H](O)[C@H](O)[C@H]2O[C@H]2C[C@](C)(N)[C@H](O)[C@H](C)O2)Oc2ccc(cc2Cl)[C@H]1O. The van der Waals surface area contributed by atoms with Crippen LogP contribution in [0.4, 0.5) is 5.13 Å². The number of nitrogen functional groups attached to an aromatic ring is 1. The number of ether oxygens (including phenoxy) is 6. The molecule has 0 saturated carbocycles. The second kappa shape index (κ2) is 46.9. The van der Waals surface area contributed by atoms with E-state index in [4.69, 9.17) is 85.3 Å². The van der Waals surface area contributed by atoms with Gasteiger partial charge >= 0.3 is 11.9 Å². The summed E-state index contributed by atoms with van der Waals surface area (Å²) >= 11 is 22.6. The number of carboxylic acids is 2. The molecule has 49 nitrogen and oxygen atoms in total. The van der Waals surface area contributed by atoms with Crippen molar-refractivity contribution in [3.05, 3.63) is 168 Å². The van der Waals surface area contributed by atoms with Crippen LogP contribution in [0.15, 0.2) is 114 Å². The highest BCUT2D eigenvalue weighted by molar-refractivity contribution is 8.00. The highest BCUT2D eigenvalue weighted by Crippen LogP contribution is 2.52. The van der Waals surface area contributed by atoms with E-state index in [2.05, 4.69) is 68.6 Å². The summed E-state index contributed by atoms with van der Waals surface area (Å²) in [5.74, 6) is -20.9. The minimum Gasteiger partial charge on any atom is -0.507 e. The number of hydrogen-bond acceptors (Lipinski definition) is 37. The number of carboxylic acid groups (broad SMARTS) is 2. The lowest BCUT2D eigenvalue weighted by Gasteiger charge is -2.49. The van der Waals surface area contributed by atoms with Gasteiger partial charge in [0.25, 0.3) is 11.8 Å². The standard InChI is InChI=1S/C94H107Cl3N18O31S2/c1-36(2)21-49(101-5)81(128)109-68-72(122)40-13-16-53(47(95)23-40)142-55-25-42-26-56(77(55)146-92-78(76(126)75(125)57(34-116)144-92)145-61-29-94(4,100)79(127)37(3)141-61)143-54-17-14-41(24-48(54)96)73(123)69-87(134)108-65(90(136)137)45-27-52(118)46(74(124)62(45)44-22-39(12-15-51(44)117)63(83(130)110-69)107-84(131)64(42)106-82(129)50(28-58(98)119)105-86(68)133)31-102-18-19-103-59(120)10-7-11-60(121)104-30-38-9-8-20-114(32-38)33-43-35-147-89-70(88(135)115(89)71(43)91(138)139)111-85(132)67(113-140-6)66-80(97)148-93(99)112-66/h8-9,12-17,20,22-27,32,36-37,49-50,57,61,63-65,68-70,72-73,75-76,78-79,89,92,101-102,116,122-123,125-127H,7,10-11,18-19,21,28-31,33-35,100H2,1-6H3,(H17-,98,99,103,104,105,106,107,108,109,110,111,112,113,117,118,119,120,121,124,128,129,130,131,132,133,134,136,137,138,139)/p+1/t37-,49+,50-,57+,61-,63?,64+,65-,68+,69?,70+,72+,73+,75+,76-,78+,79+,89+,92-,94-/m0/s1. The van der Waals surface area contributed by atoms with Crippen LogP contribution in [0.1, 0.15) is 141 Å². The summed E-state index contributed by atoms with van der Waals surface area (Å²) in [7, 11) is 2.64. The molecule has 0 aliphatic carbocycles. The van der Waals surface area contributed by atoms with Gasteiger partial charge in [0.1, 0.15) is 124 Å². The van der Waals surface area contributed by atoms with Gasteiger partial charge in [-0.25, -0.2) is 19.1 Å². The fourth-order valence-corrected chi connectivity index (χ4v) is 20.5. The lowest BCUT2D eigenvalue weighted by atomic mass is 9.86. The fraction of sp³-hybridized carbons (Fsp3) is 0.426. The van der Waals surface area contributed by atoms with E-state index in [-0.39, 0.29) is 108 Å². The van der Waals surface area contributed by atoms with Crippen LogP contribution in [0, 0.1) is 5.92 Å². The molecule has 2 aromatic heterocycles. The van der Waals surface area contributed by atoms with Crippen molar-refractivity contribution < 1.29 is 156 Å². The van der Waals surface area contributed by atoms with E-state index in [1.165, 1.54) is 45.8 Å². The number of hydrogen-bond donors (Lipinski definition) is 25. The minimum atomic E-state index is -2.44. The summed E-state index contributed by atoms with van der Waals surface area (Å²) in [6, 6.07) is -0.288. The molecule has 11 bridgehead atoms. The maximum absolute atomic E-state index is 16.4. The average Bonchev–Trinajstić information content (AvgIpc) is 0.784. The Morgan fingerprint density at radius 1 is 0.743 bits per heavy atom. The Kier molecular flexibility index (Phi) is 35.0. The van der Waals surface area contributed by atoms with Crippen molar-refractivity contribution in [3.8, 4) is 57.1 Å². The van der Waals surface area contributed by atoms with Crippen LogP contribution in [0.25, 0.3) is 11.1 Å². The normalized spacial score (nSPS) is 25.8. The first-order chi connectivity index (χ1) is 70.2. The number of pyridine rings is 1. The number of aromatic hydroxyl groups is 3. The second-order valence-corrected chi connectivity index (χ2v) is 40.0. The van der Waals surface area contributed by atoms with Crippen LogP contribution in [0.2, 0.25) is 14.4 Å². The summed E-state index contributed by atoms with van der Waals surface area (Å²) in [6.45, 7) is 4.78. The number of amides is 11. The molecule has 28 N–H and O–H groups in total. The molecule has 11 heterocycles. The molecule has 3 fully saturated rings. The van der Waals surface area contributed by atoms with E-state index in [0.29, 0.717) is 11.1 Å². The first-order valence-electron chi connectivity index (χ1n) is 46.2. The molecule has 11 amide bonds. The Balaban J connectivity index is 0.750. The average molecular weight is 2160 g/mol. The number of aliphatic hydroxyl groups excluding tert-OH is 6. The number of likely N-dealkylation sites (N-methyl/N-ethyl adjacent to an activating group) is 1. The molecule has 5 aromatic carbocycles. The Bertz CT molecular complexity index is 6420. The van der Waals surface area contributed by atoms with Crippen LogP contribution >= 0.6 is 57.9 Å². The topological polar surface area (TPSA) is 752 Å². The third-order valence-electron chi connectivity index (χ3n) is 25.3. The van der Waals surface area contributed by atoms with E-state index < -0.39 is 307 Å². The van der Waals surface area contributed by atoms with Gasteiger partial charge in [-0.05, 0) is 123 Å². The molecule has 792 valence electrons. The van der Waals surface area contributed by atoms with Gasteiger partial charge in [0.2, 0.25) is 65.2 Å².